The van der Waals surface area contributed by atoms with Crippen molar-refractivity contribution in [1.29, 1.82) is 0 Å². The zero-order valence-electron chi connectivity index (χ0n) is 31.5. The van der Waals surface area contributed by atoms with Crippen molar-refractivity contribution in [2.75, 3.05) is 4.90 Å². The van der Waals surface area contributed by atoms with Crippen LogP contribution in [0, 0.1) is 0 Å². The van der Waals surface area contributed by atoms with Crippen LogP contribution in [-0.2, 0) is 10.8 Å². The van der Waals surface area contributed by atoms with Crippen LogP contribution in [0.5, 0.6) is 0 Å². The lowest BCUT2D eigenvalue weighted by molar-refractivity contribution is 0.768. The summed E-state index contributed by atoms with van der Waals surface area (Å²) in [7, 11) is 0. The van der Waals surface area contributed by atoms with E-state index in [-0.39, 0.29) is 0 Å². The molecule has 0 spiro atoms. The lowest BCUT2D eigenvalue weighted by Crippen LogP contribution is -2.28. The van der Waals surface area contributed by atoms with Gasteiger partial charge in [-0.2, -0.15) is 0 Å². The molecule has 0 saturated heterocycles. The van der Waals surface area contributed by atoms with Gasteiger partial charge >= 0.3 is 0 Å². The fourth-order valence-corrected chi connectivity index (χ4v) is 10.2. The zero-order chi connectivity index (χ0) is 37.8. The molecule has 9 aromatic carbocycles. The summed E-state index contributed by atoms with van der Waals surface area (Å²) >= 11 is 0. The number of para-hydroxylation sites is 1. The third-order valence-electron chi connectivity index (χ3n) is 12.4. The second-order valence-corrected chi connectivity index (χ2v) is 15.2. The van der Waals surface area contributed by atoms with Gasteiger partial charge in [0, 0.05) is 17.1 Å². The van der Waals surface area contributed by atoms with Crippen molar-refractivity contribution in [3.8, 4) is 22.3 Å². The first-order chi connectivity index (χ1) is 28.3. The van der Waals surface area contributed by atoms with E-state index in [1.165, 1.54) is 66.8 Å². The first kappa shape index (κ1) is 33.1. The minimum atomic E-state index is -0.439. The highest BCUT2D eigenvalue weighted by atomic mass is 15.1. The quantitative estimate of drug-likeness (QED) is 0.158. The Hall–Kier alpha value is -7.22. The van der Waals surface area contributed by atoms with E-state index in [0.717, 1.165) is 17.1 Å². The van der Waals surface area contributed by atoms with Gasteiger partial charge in [0.05, 0.1) is 10.8 Å². The molecule has 0 heterocycles. The Morgan fingerprint density at radius 3 is 0.789 bits per heavy atom. The average molecular weight is 726 g/mol. The molecule has 57 heavy (non-hydrogen) atoms. The summed E-state index contributed by atoms with van der Waals surface area (Å²) in [6, 6.07) is 87.1. The number of rotatable bonds is 7. The predicted molar refractivity (Wildman–Crippen MR) is 236 cm³/mol. The van der Waals surface area contributed by atoms with Gasteiger partial charge in [0.2, 0.25) is 0 Å². The van der Waals surface area contributed by atoms with Crippen LogP contribution in [0.3, 0.4) is 0 Å². The normalized spacial score (nSPS) is 13.9. The minimum Gasteiger partial charge on any atom is -0.311 e. The van der Waals surface area contributed by atoms with Gasteiger partial charge in [-0.05, 0) is 103 Å². The summed E-state index contributed by atoms with van der Waals surface area (Å²) in [6.45, 7) is 0. The van der Waals surface area contributed by atoms with Gasteiger partial charge in [-0.25, -0.2) is 0 Å². The van der Waals surface area contributed by atoms with Gasteiger partial charge in [0.15, 0.2) is 0 Å². The van der Waals surface area contributed by atoms with Crippen LogP contribution in [0.15, 0.2) is 237 Å². The van der Waals surface area contributed by atoms with E-state index < -0.39 is 10.8 Å². The number of hydrogen-bond acceptors (Lipinski definition) is 1. The first-order valence-electron chi connectivity index (χ1n) is 19.9. The van der Waals surface area contributed by atoms with Gasteiger partial charge in [-0.15, -0.1) is 0 Å². The Morgan fingerprint density at radius 2 is 0.456 bits per heavy atom. The smallest absolute Gasteiger partial charge is 0.0713 e. The number of fused-ring (bicyclic) bond motifs is 6. The highest BCUT2D eigenvalue weighted by Crippen LogP contribution is 2.58. The number of hydrogen-bond donors (Lipinski definition) is 0. The van der Waals surface area contributed by atoms with E-state index >= 15 is 0 Å². The third-order valence-corrected chi connectivity index (χ3v) is 12.4. The Labute approximate surface area is 334 Å². The molecule has 1 nitrogen and oxygen atoms in total. The van der Waals surface area contributed by atoms with Crippen LogP contribution >= 0.6 is 0 Å². The molecule has 0 amide bonds. The van der Waals surface area contributed by atoms with E-state index in [1.807, 2.05) is 0 Å². The molecule has 1 heteroatoms. The first-order valence-corrected chi connectivity index (χ1v) is 19.9. The molecular weight excluding hydrogens is 687 g/mol. The fraction of sp³-hybridized carbons (Fsp3) is 0.0357. The standard InChI is InChI=1S/C56H39N/c1-4-18-40(19-5-1)55(51-28-14-10-24-47(51)48-25-11-15-29-52(48)55)42-32-36-45(37-33-42)57(44-22-8-3-9-23-44)46-38-34-43(35-39-46)56(41-20-6-2-7-21-41)53-30-16-12-26-49(53)50-27-13-17-31-54(50)56/h1-39H. The zero-order valence-corrected chi connectivity index (χ0v) is 31.5. The molecule has 11 rings (SSSR count). The maximum Gasteiger partial charge on any atom is 0.0713 e. The van der Waals surface area contributed by atoms with Gasteiger partial charge in [-0.1, -0.05) is 200 Å². The molecule has 2 aliphatic rings. The van der Waals surface area contributed by atoms with E-state index in [1.54, 1.807) is 0 Å². The van der Waals surface area contributed by atoms with Crippen LogP contribution in [0.25, 0.3) is 22.3 Å². The van der Waals surface area contributed by atoms with E-state index in [4.69, 9.17) is 0 Å². The van der Waals surface area contributed by atoms with Crippen molar-refractivity contribution < 1.29 is 0 Å². The average Bonchev–Trinajstić information content (AvgIpc) is 3.77. The molecule has 0 atom stereocenters. The van der Waals surface area contributed by atoms with Crippen molar-refractivity contribution in [2.45, 2.75) is 10.8 Å². The predicted octanol–water partition coefficient (Wildman–Crippen LogP) is 13.9. The van der Waals surface area contributed by atoms with Crippen LogP contribution in [0.4, 0.5) is 17.1 Å². The highest BCUT2D eigenvalue weighted by Gasteiger charge is 2.47. The minimum absolute atomic E-state index is 0.439. The molecule has 268 valence electrons. The fourth-order valence-electron chi connectivity index (χ4n) is 10.2. The number of nitrogens with zero attached hydrogens (tertiary/aromatic N) is 1. The van der Waals surface area contributed by atoms with Crippen molar-refractivity contribution in [3.63, 3.8) is 0 Å². The largest absolute Gasteiger partial charge is 0.311 e. The van der Waals surface area contributed by atoms with Crippen molar-refractivity contribution in [2.24, 2.45) is 0 Å². The Morgan fingerprint density at radius 1 is 0.211 bits per heavy atom. The van der Waals surface area contributed by atoms with Gasteiger partial charge < -0.3 is 4.90 Å². The maximum absolute atomic E-state index is 2.38. The lowest BCUT2D eigenvalue weighted by Gasteiger charge is -2.35. The van der Waals surface area contributed by atoms with Gasteiger partial charge in [0.1, 0.15) is 0 Å². The number of benzene rings is 9. The molecule has 0 aliphatic heterocycles. The molecule has 0 N–H and O–H groups in total. The summed E-state index contributed by atoms with van der Waals surface area (Å²) in [5.41, 5.74) is 18.0. The Balaban J connectivity index is 1.06. The second-order valence-electron chi connectivity index (χ2n) is 15.2. The van der Waals surface area contributed by atoms with E-state index in [0.29, 0.717) is 0 Å². The van der Waals surface area contributed by atoms with Crippen LogP contribution in [-0.4, -0.2) is 0 Å². The molecule has 9 aromatic rings. The summed E-state index contributed by atoms with van der Waals surface area (Å²) in [4.78, 5) is 2.38. The van der Waals surface area contributed by atoms with Crippen molar-refractivity contribution >= 4 is 17.1 Å². The maximum atomic E-state index is 2.38. The van der Waals surface area contributed by atoms with E-state index in [2.05, 4.69) is 241 Å². The monoisotopic (exact) mass is 725 g/mol. The third kappa shape index (κ3) is 4.82. The van der Waals surface area contributed by atoms with E-state index in [9.17, 15) is 0 Å². The summed E-state index contributed by atoms with van der Waals surface area (Å²) in [6.07, 6.45) is 0. The van der Waals surface area contributed by atoms with Gasteiger partial charge in [-0.3, -0.25) is 0 Å². The Kier molecular flexibility index (Phi) is 7.69. The van der Waals surface area contributed by atoms with Gasteiger partial charge in [0.25, 0.3) is 0 Å². The summed E-state index contributed by atoms with van der Waals surface area (Å²) < 4.78 is 0. The Bertz CT molecular complexity index is 2600. The summed E-state index contributed by atoms with van der Waals surface area (Å²) in [5, 5.41) is 0. The molecule has 0 unspecified atom stereocenters. The van der Waals surface area contributed by atoms with Crippen molar-refractivity contribution in [1.82, 2.24) is 0 Å². The highest BCUT2D eigenvalue weighted by molar-refractivity contribution is 5.88. The lowest BCUT2D eigenvalue weighted by atomic mass is 9.67. The van der Waals surface area contributed by atoms with Crippen LogP contribution in [0.1, 0.15) is 44.5 Å². The second kappa shape index (κ2) is 13.2. The topological polar surface area (TPSA) is 3.24 Å². The molecule has 0 fully saturated rings. The molecule has 2 aliphatic carbocycles. The molecule has 0 saturated carbocycles. The molecular formula is C56H39N. The van der Waals surface area contributed by atoms with Crippen LogP contribution < -0.4 is 4.90 Å². The summed E-state index contributed by atoms with van der Waals surface area (Å²) in [5.74, 6) is 0. The van der Waals surface area contributed by atoms with Crippen LogP contribution in [0.2, 0.25) is 0 Å². The van der Waals surface area contributed by atoms with Crippen molar-refractivity contribution in [3.05, 3.63) is 281 Å². The molecule has 0 radical (unpaired) electrons. The number of anilines is 3. The SMILES string of the molecule is c1ccc(N(c2ccc(C3(c4ccccc4)c4ccccc4-c4ccccc43)cc2)c2ccc(C3(c4ccccc4)c4ccccc4-c4ccccc43)cc2)cc1. The molecule has 0 aromatic heterocycles. The molecule has 0 bridgehead atoms.